The molecule has 0 spiro atoms. The third-order valence-electron chi connectivity index (χ3n) is 9.66. The van der Waals surface area contributed by atoms with Gasteiger partial charge in [-0.3, -0.25) is 0 Å². The molecule has 230 valence electrons. The van der Waals surface area contributed by atoms with E-state index in [9.17, 15) is 0 Å². The van der Waals surface area contributed by atoms with Crippen LogP contribution in [0.3, 0.4) is 0 Å². The summed E-state index contributed by atoms with van der Waals surface area (Å²) in [5.74, 6) is 0. The molecule has 0 saturated heterocycles. The Morgan fingerprint density at radius 2 is 0.755 bits per heavy atom. The van der Waals surface area contributed by atoms with E-state index in [0.29, 0.717) is 0 Å². The highest BCUT2D eigenvalue weighted by Crippen LogP contribution is 2.42. The summed E-state index contributed by atoms with van der Waals surface area (Å²) in [6.07, 6.45) is 0. The van der Waals surface area contributed by atoms with Crippen LogP contribution in [0, 0.1) is 0 Å². The van der Waals surface area contributed by atoms with Crippen LogP contribution in [0.5, 0.6) is 0 Å². The first kappa shape index (κ1) is 28.8. The molecule has 9 rings (SSSR count). The van der Waals surface area contributed by atoms with Crippen LogP contribution in [0.25, 0.3) is 65.7 Å². The maximum atomic E-state index is 2.36. The molecule has 0 aliphatic heterocycles. The Morgan fingerprint density at radius 1 is 0.265 bits per heavy atom. The van der Waals surface area contributed by atoms with Crippen molar-refractivity contribution in [2.24, 2.45) is 0 Å². The Morgan fingerprint density at radius 3 is 1.53 bits per heavy atom. The summed E-state index contributed by atoms with van der Waals surface area (Å²) in [6, 6.07) is 72.4. The molecule has 0 fully saturated rings. The van der Waals surface area contributed by atoms with Crippen molar-refractivity contribution in [1.29, 1.82) is 0 Å². The smallest absolute Gasteiger partial charge is 0.0540 e. The molecule has 0 aliphatic carbocycles. The van der Waals surface area contributed by atoms with E-state index in [-0.39, 0.29) is 0 Å². The predicted molar refractivity (Wildman–Crippen MR) is 210 cm³/mol. The summed E-state index contributed by atoms with van der Waals surface area (Å²) in [7, 11) is 0. The van der Waals surface area contributed by atoms with Crippen LogP contribution in [0.4, 0.5) is 17.1 Å². The van der Waals surface area contributed by atoms with Gasteiger partial charge in [-0.25, -0.2) is 0 Å². The molecule has 1 nitrogen and oxygen atoms in total. The van der Waals surface area contributed by atoms with Crippen molar-refractivity contribution in [3.63, 3.8) is 0 Å². The number of para-hydroxylation sites is 2. The molecule has 0 unspecified atom stereocenters. The Hall–Kier alpha value is -6.44. The first-order valence-corrected chi connectivity index (χ1v) is 16.8. The monoisotopic (exact) mass is 623 g/mol. The number of rotatable bonds is 6. The summed E-state index contributed by atoms with van der Waals surface area (Å²) < 4.78 is 0. The van der Waals surface area contributed by atoms with E-state index in [1.54, 1.807) is 0 Å². The zero-order chi connectivity index (χ0) is 32.6. The lowest BCUT2D eigenvalue weighted by molar-refractivity contribution is 1.28. The maximum Gasteiger partial charge on any atom is 0.0540 e. The molecule has 0 aliphatic rings. The van der Waals surface area contributed by atoms with Gasteiger partial charge in [0.25, 0.3) is 0 Å². The average molecular weight is 624 g/mol. The Bertz CT molecular complexity index is 2570. The number of anilines is 3. The minimum Gasteiger partial charge on any atom is -0.310 e. The van der Waals surface area contributed by atoms with Crippen LogP contribution in [-0.4, -0.2) is 0 Å². The second kappa shape index (κ2) is 12.3. The highest BCUT2D eigenvalue weighted by atomic mass is 15.1. The molecule has 0 bridgehead atoms. The third kappa shape index (κ3) is 5.32. The average Bonchev–Trinajstić information content (AvgIpc) is 3.19. The van der Waals surface area contributed by atoms with Gasteiger partial charge in [-0.1, -0.05) is 164 Å². The molecule has 0 radical (unpaired) electrons. The van der Waals surface area contributed by atoms with Gasteiger partial charge in [-0.05, 0) is 96.5 Å². The molecule has 9 aromatic rings. The summed E-state index contributed by atoms with van der Waals surface area (Å²) in [5.41, 5.74) is 10.6. The van der Waals surface area contributed by atoms with Crippen molar-refractivity contribution >= 4 is 49.4 Å². The molecule has 0 aromatic heterocycles. The van der Waals surface area contributed by atoms with Gasteiger partial charge in [-0.15, -0.1) is 0 Å². The zero-order valence-electron chi connectivity index (χ0n) is 27.0. The van der Waals surface area contributed by atoms with Crippen molar-refractivity contribution in [2.75, 3.05) is 4.90 Å². The molecule has 1 heteroatoms. The number of hydrogen-bond acceptors (Lipinski definition) is 1. The first-order valence-electron chi connectivity index (χ1n) is 16.8. The van der Waals surface area contributed by atoms with Crippen molar-refractivity contribution in [3.8, 4) is 33.4 Å². The second-order valence-electron chi connectivity index (χ2n) is 12.6. The van der Waals surface area contributed by atoms with Gasteiger partial charge in [-0.2, -0.15) is 0 Å². The van der Waals surface area contributed by atoms with E-state index in [1.807, 2.05) is 0 Å². The lowest BCUT2D eigenvalue weighted by atomic mass is 9.94. The molecule has 0 heterocycles. The van der Waals surface area contributed by atoms with Crippen LogP contribution in [0.1, 0.15) is 0 Å². The number of fused-ring (bicyclic) bond motifs is 5. The quantitative estimate of drug-likeness (QED) is 0.167. The van der Waals surface area contributed by atoms with Gasteiger partial charge in [0.2, 0.25) is 0 Å². The molecular formula is C48H33N. The van der Waals surface area contributed by atoms with E-state index >= 15 is 0 Å². The first-order chi connectivity index (χ1) is 24.3. The van der Waals surface area contributed by atoms with Crippen molar-refractivity contribution in [2.45, 2.75) is 0 Å². The molecule has 0 saturated carbocycles. The Kier molecular flexibility index (Phi) is 7.22. The van der Waals surface area contributed by atoms with Crippen molar-refractivity contribution < 1.29 is 0 Å². The van der Waals surface area contributed by atoms with Crippen molar-refractivity contribution in [1.82, 2.24) is 0 Å². The third-order valence-corrected chi connectivity index (χ3v) is 9.66. The Labute approximate surface area is 287 Å². The lowest BCUT2D eigenvalue weighted by Gasteiger charge is -2.28. The van der Waals surface area contributed by atoms with Crippen LogP contribution in [0.15, 0.2) is 200 Å². The molecule has 0 N–H and O–H groups in total. The van der Waals surface area contributed by atoms with Crippen LogP contribution in [-0.2, 0) is 0 Å². The van der Waals surface area contributed by atoms with E-state index in [4.69, 9.17) is 0 Å². The van der Waals surface area contributed by atoms with E-state index < -0.39 is 0 Å². The van der Waals surface area contributed by atoms with E-state index in [2.05, 4.69) is 205 Å². The SMILES string of the molecule is c1ccc(-c2ccc(N(c3ccccc3)c3ccccc3-c3ccc(-c4ccc5ccc6c7ccccc7ccc6c5c4)cc3)cc2)cc1. The van der Waals surface area contributed by atoms with Gasteiger partial charge in [0.05, 0.1) is 5.69 Å². The molecule has 0 atom stereocenters. The maximum absolute atomic E-state index is 2.36. The fourth-order valence-electron chi connectivity index (χ4n) is 7.19. The minimum absolute atomic E-state index is 1.12. The van der Waals surface area contributed by atoms with E-state index in [0.717, 1.165) is 17.1 Å². The van der Waals surface area contributed by atoms with Gasteiger partial charge >= 0.3 is 0 Å². The Balaban J connectivity index is 1.10. The zero-order valence-corrected chi connectivity index (χ0v) is 27.0. The lowest BCUT2D eigenvalue weighted by Crippen LogP contribution is -2.11. The summed E-state index contributed by atoms with van der Waals surface area (Å²) >= 11 is 0. The molecule has 49 heavy (non-hydrogen) atoms. The minimum atomic E-state index is 1.12. The molecular weight excluding hydrogens is 591 g/mol. The van der Waals surface area contributed by atoms with Crippen LogP contribution in [0.2, 0.25) is 0 Å². The van der Waals surface area contributed by atoms with Crippen LogP contribution < -0.4 is 4.90 Å². The standard InChI is InChI=1S/C48H33N/c1-3-11-34(12-4-1)35-25-29-42(30-26-35)49(41-14-5-2-6-15-41)48-18-10-9-17-44(48)38-21-19-36(20-22-38)40-24-23-39-28-31-45-43-16-8-7-13-37(43)27-32-46(45)47(39)33-40/h1-33H. The second-order valence-corrected chi connectivity index (χ2v) is 12.6. The predicted octanol–water partition coefficient (Wildman–Crippen LogP) is 13.6. The highest BCUT2D eigenvalue weighted by molar-refractivity contribution is 6.17. The van der Waals surface area contributed by atoms with Crippen molar-refractivity contribution in [3.05, 3.63) is 200 Å². The highest BCUT2D eigenvalue weighted by Gasteiger charge is 2.17. The van der Waals surface area contributed by atoms with Gasteiger partial charge in [0, 0.05) is 16.9 Å². The van der Waals surface area contributed by atoms with Gasteiger partial charge < -0.3 is 4.90 Å². The number of nitrogens with zero attached hydrogens (tertiary/aromatic N) is 1. The number of benzene rings is 9. The van der Waals surface area contributed by atoms with Gasteiger partial charge in [0.15, 0.2) is 0 Å². The normalized spacial score (nSPS) is 11.3. The fourth-order valence-corrected chi connectivity index (χ4v) is 7.19. The largest absolute Gasteiger partial charge is 0.310 e. The molecule has 9 aromatic carbocycles. The summed E-state index contributed by atoms with van der Waals surface area (Å²) in [4.78, 5) is 2.36. The topological polar surface area (TPSA) is 3.24 Å². The van der Waals surface area contributed by atoms with Gasteiger partial charge in [0.1, 0.15) is 0 Å². The van der Waals surface area contributed by atoms with E-state index in [1.165, 1.54) is 65.7 Å². The fraction of sp³-hybridized carbons (Fsp3) is 0. The molecule has 0 amide bonds. The van der Waals surface area contributed by atoms with Crippen LogP contribution >= 0.6 is 0 Å². The number of hydrogen-bond donors (Lipinski definition) is 0. The summed E-state index contributed by atoms with van der Waals surface area (Å²) in [6.45, 7) is 0. The summed E-state index contributed by atoms with van der Waals surface area (Å²) in [5, 5.41) is 7.71.